The largest absolute Gasteiger partial charge is 0.481 e. The second kappa shape index (κ2) is 6.31. The molecule has 0 saturated carbocycles. The van der Waals surface area contributed by atoms with E-state index in [1.54, 1.807) is 27.9 Å². The molecule has 0 spiro atoms. The Bertz CT molecular complexity index is 590. The third-order valence-electron chi connectivity index (χ3n) is 3.15. The zero-order valence-corrected chi connectivity index (χ0v) is 12.1. The smallest absolute Gasteiger partial charge is 0.347 e. The number of amides is 1. The topological polar surface area (TPSA) is 92.5 Å². The molecule has 0 radical (unpaired) electrons. The van der Waals surface area contributed by atoms with Gasteiger partial charge >= 0.3 is 11.7 Å². The van der Waals surface area contributed by atoms with Crippen LogP contribution in [0.5, 0.6) is 0 Å². The van der Waals surface area contributed by atoms with Crippen molar-refractivity contribution in [2.24, 2.45) is 0 Å². The van der Waals surface area contributed by atoms with Crippen LogP contribution in [0, 0.1) is 13.8 Å². The number of aryl methyl sites for hydroxylation is 1. The number of carboxylic acid groups (broad SMARTS) is 1. The number of hydrogen-bond donors (Lipinski definition) is 1. The number of aliphatic carboxylic acids is 1. The van der Waals surface area contributed by atoms with Gasteiger partial charge in [-0.05, 0) is 13.8 Å². The maximum absolute atomic E-state index is 11.9. The monoisotopic (exact) mass is 281 g/mol. The third kappa shape index (κ3) is 3.66. The first-order valence-corrected chi connectivity index (χ1v) is 6.23. The van der Waals surface area contributed by atoms with Gasteiger partial charge in [0.1, 0.15) is 0 Å². The molecular formula is C13H19N3O4. The average Bonchev–Trinajstić information content (AvgIpc) is 2.33. The van der Waals surface area contributed by atoms with E-state index >= 15 is 0 Å². The van der Waals surface area contributed by atoms with Gasteiger partial charge < -0.3 is 10.0 Å². The van der Waals surface area contributed by atoms with Gasteiger partial charge in [0, 0.05) is 44.0 Å². The molecule has 0 aliphatic rings. The molecule has 1 aromatic rings. The first-order chi connectivity index (χ1) is 9.23. The number of carboxylic acids is 1. The van der Waals surface area contributed by atoms with E-state index < -0.39 is 11.7 Å². The number of rotatable bonds is 5. The quantitative estimate of drug-likeness (QED) is 0.818. The van der Waals surface area contributed by atoms with Crippen molar-refractivity contribution in [1.29, 1.82) is 0 Å². The number of nitrogens with zero attached hydrogens (tertiary/aromatic N) is 3. The van der Waals surface area contributed by atoms with Crippen molar-refractivity contribution in [1.82, 2.24) is 14.5 Å². The molecular weight excluding hydrogens is 262 g/mol. The minimum atomic E-state index is -0.979. The Balaban J connectivity index is 3.10. The van der Waals surface area contributed by atoms with E-state index in [0.717, 1.165) is 0 Å². The lowest BCUT2D eigenvalue weighted by Crippen LogP contribution is -2.31. The minimum absolute atomic E-state index is 0.100. The predicted molar refractivity (Wildman–Crippen MR) is 72.6 cm³/mol. The summed E-state index contributed by atoms with van der Waals surface area (Å²) < 4.78 is 1.35. The van der Waals surface area contributed by atoms with Crippen LogP contribution < -0.4 is 5.69 Å². The summed E-state index contributed by atoms with van der Waals surface area (Å²) in [5.74, 6) is -1.08. The van der Waals surface area contributed by atoms with Crippen molar-refractivity contribution >= 4 is 11.9 Å². The molecule has 0 saturated heterocycles. The summed E-state index contributed by atoms with van der Waals surface area (Å²) >= 11 is 0. The Morgan fingerprint density at radius 2 is 1.90 bits per heavy atom. The highest BCUT2D eigenvalue weighted by Crippen LogP contribution is 2.11. The molecule has 0 atom stereocenters. The van der Waals surface area contributed by atoms with Gasteiger partial charge in [0.25, 0.3) is 0 Å². The van der Waals surface area contributed by atoms with Crippen LogP contribution in [-0.4, -0.2) is 45.5 Å². The maximum atomic E-state index is 11.9. The maximum Gasteiger partial charge on any atom is 0.347 e. The van der Waals surface area contributed by atoms with Crippen molar-refractivity contribution in [3.8, 4) is 0 Å². The van der Waals surface area contributed by atoms with Crippen LogP contribution in [0.4, 0.5) is 0 Å². The fourth-order valence-corrected chi connectivity index (χ4v) is 1.94. The summed E-state index contributed by atoms with van der Waals surface area (Å²) in [7, 11) is 3.28. The Hall–Kier alpha value is -2.18. The molecule has 1 rings (SSSR count). The normalized spacial score (nSPS) is 10.4. The molecule has 1 aromatic heterocycles. The van der Waals surface area contributed by atoms with Crippen LogP contribution in [0.3, 0.4) is 0 Å². The van der Waals surface area contributed by atoms with Crippen LogP contribution in [0.2, 0.25) is 0 Å². The number of carbonyl (C=O) groups excluding carboxylic acids is 1. The van der Waals surface area contributed by atoms with Crippen LogP contribution in [0.1, 0.15) is 23.4 Å². The fraction of sp³-hybridized carbons (Fsp3) is 0.538. The molecule has 7 nitrogen and oxygen atoms in total. The highest BCUT2D eigenvalue weighted by Gasteiger charge is 2.15. The molecule has 0 aromatic carbocycles. The first kappa shape index (κ1) is 15.9. The molecule has 20 heavy (non-hydrogen) atoms. The Morgan fingerprint density at radius 1 is 1.30 bits per heavy atom. The zero-order valence-electron chi connectivity index (χ0n) is 12.1. The summed E-state index contributed by atoms with van der Waals surface area (Å²) in [5, 5.41) is 8.89. The van der Waals surface area contributed by atoms with E-state index in [-0.39, 0.29) is 25.3 Å². The van der Waals surface area contributed by atoms with Crippen LogP contribution >= 0.6 is 0 Å². The second-order valence-corrected chi connectivity index (χ2v) is 4.80. The SMILES string of the molecule is Cc1nc(=O)n(CCC(=O)N(C)C)c(C)c1CC(=O)O. The molecule has 0 unspecified atom stereocenters. The second-order valence-electron chi connectivity index (χ2n) is 4.80. The van der Waals surface area contributed by atoms with Gasteiger partial charge in [-0.25, -0.2) is 4.79 Å². The molecule has 7 heteroatoms. The molecule has 0 bridgehead atoms. The fourth-order valence-electron chi connectivity index (χ4n) is 1.94. The summed E-state index contributed by atoms with van der Waals surface area (Å²) in [6.45, 7) is 3.48. The molecule has 0 fully saturated rings. The van der Waals surface area contributed by atoms with Crippen molar-refractivity contribution in [3.05, 3.63) is 27.4 Å². The van der Waals surface area contributed by atoms with Crippen LogP contribution in [0.15, 0.2) is 4.79 Å². The van der Waals surface area contributed by atoms with Crippen molar-refractivity contribution in [2.45, 2.75) is 33.2 Å². The molecule has 0 aliphatic heterocycles. The van der Waals surface area contributed by atoms with Gasteiger partial charge in [0.15, 0.2) is 0 Å². The molecule has 0 aliphatic carbocycles. The highest BCUT2D eigenvalue weighted by molar-refractivity contribution is 5.75. The van der Waals surface area contributed by atoms with E-state index in [1.165, 1.54) is 9.47 Å². The van der Waals surface area contributed by atoms with Gasteiger partial charge in [0.2, 0.25) is 5.91 Å². The number of carbonyl (C=O) groups is 2. The molecule has 1 amide bonds. The summed E-state index contributed by atoms with van der Waals surface area (Å²) in [6, 6.07) is 0. The van der Waals surface area contributed by atoms with E-state index in [9.17, 15) is 14.4 Å². The average molecular weight is 281 g/mol. The Labute approximate surface area is 116 Å². The van der Waals surface area contributed by atoms with Gasteiger partial charge in [-0.3, -0.25) is 14.2 Å². The summed E-state index contributed by atoms with van der Waals surface area (Å²) in [4.78, 5) is 39.5. The van der Waals surface area contributed by atoms with E-state index in [0.29, 0.717) is 17.0 Å². The van der Waals surface area contributed by atoms with Gasteiger partial charge in [-0.2, -0.15) is 4.98 Å². The van der Waals surface area contributed by atoms with Crippen LogP contribution in [0.25, 0.3) is 0 Å². The number of aromatic nitrogens is 2. The Morgan fingerprint density at radius 3 is 2.40 bits per heavy atom. The van der Waals surface area contributed by atoms with Crippen molar-refractivity contribution in [2.75, 3.05) is 14.1 Å². The lowest BCUT2D eigenvalue weighted by Gasteiger charge is -2.15. The van der Waals surface area contributed by atoms with E-state index in [1.807, 2.05) is 0 Å². The molecule has 1 heterocycles. The standard InChI is InChI=1S/C13H19N3O4/c1-8-10(7-12(18)19)9(2)16(13(20)14-8)6-5-11(17)15(3)4/h5-7H2,1-4H3,(H,18,19). The first-order valence-electron chi connectivity index (χ1n) is 6.23. The lowest BCUT2D eigenvalue weighted by molar-refractivity contribution is -0.136. The zero-order chi connectivity index (χ0) is 15.4. The number of hydrogen-bond acceptors (Lipinski definition) is 4. The predicted octanol–water partition coefficient (Wildman–Crippen LogP) is -0.0345. The van der Waals surface area contributed by atoms with E-state index in [2.05, 4.69) is 4.98 Å². The molecule has 1 N–H and O–H groups in total. The summed E-state index contributed by atoms with van der Waals surface area (Å²) in [6.07, 6.45) is -0.0163. The minimum Gasteiger partial charge on any atom is -0.481 e. The lowest BCUT2D eigenvalue weighted by atomic mass is 10.1. The van der Waals surface area contributed by atoms with Crippen molar-refractivity contribution < 1.29 is 14.7 Å². The third-order valence-corrected chi connectivity index (χ3v) is 3.15. The Kier molecular flexibility index (Phi) is 5.01. The van der Waals surface area contributed by atoms with Gasteiger partial charge in [-0.1, -0.05) is 0 Å². The van der Waals surface area contributed by atoms with Gasteiger partial charge in [-0.15, -0.1) is 0 Å². The van der Waals surface area contributed by atoms with Crippen molar-refractivity contribution in [3.63, 3.8) is 0 Å². The molecule has 110 valence electrons. The summed E-state index contributed by atoms with van der Waals surface area (Å²) in [5.41, 5.74) is 1.04. The van der Waals surface area contributed by atoms with Crippen LogP contribution in [-0.2, 0) is 22.6 Å². The highest BCUT2D eigenvalue weighted by atomic mass is 16.4. The van der Waals surface area contributed by atoms with Gasteiger partial charge in [0.05, 0.1) is 6.42 Å². The van der Waals surface area contributed by atoms with E-state index in [4.69, 9.17) is 5.11 Å².